The molecule has 0 aromatic heterocycles. The summed E-state index contributed by atoms with van der Waals surface area (Å²) in [6, 6.07) is 4.39. The van der Waals surface area contributed by atoms with Gasteiger partial charge in [-0.3, -0.25) is 0 Å². The third-order valence-electron chi connectivity index (χ3n) is 3.29. The number of nitrogens with zero attached hydrogens (tertiary/aromatic N) is 1. The van der Waals surface area contributed by atoms with Crippen LogP contribution in [0.5, 0.6) is 0 Å². The summed E-state index contributed by atoms with van der Waals surface area (Å²) in [5, 5.41) is 2.71. The monoisotopic (exact) mass is 287 g/mol. The molecule has 0 radical (unpaired) electrons. The summed E-state index contributed by atoms with van der Waals surface area (Å²) in [5.41, 5.74) is 5.16. The summed E-state index contributed by atoms with van der Waals surface area (Å²) in [7, 11) is 0. The van der Waals surface area contributed by atoms with Crippen LogP contribution in [0.4, 0.5) is 18.0 Å². The Hall–Kier alpha value is -1.76. The van der Waals surface area contributed by atoms with E-state index in [9.17, 15) is 18.0 Å². The molecule has 1 aliphatic rings. The molecule has 0 saturated carbocycles. The van der Waals surface area contributed by atoms with Crippen LogP contribution in [0.2, 0.25) is 0 Å². The van der Waals surface area contributed by atoms with Gasteiger partial charge in [0, 0.05) is 19.6 Å². The van der Waals surface area contributed by atoms with Crippen LogP contribution < -0.4 is 11.1 Å². The highest BCUT2D eigenvalue weighted by Crippen LogP contribution is 2.31. The average Bonchev–Trinajstić information content (AvgIpc) is 2.40. The van der Waals surface area contributed by atoms with Gasteiger partial charge in [-0.1, -0.05) is 12.1 Å². The molecule has 1 aliphatic heterocycles. The van der Waals surface area contributed by atoms with Gasteiger partial charge in [0.05, 0.1) is 11.6 Å². The highest BCUT2D eigenvalue weighted by atomic mass is 19.4. The third-order valence-corrected chi connectivity index (χ3v) is 3.29. The van der Waals surface area contributed by atoms with Crippen LogP contribution in [0.1, 0.15) is 23.6 Å². The predicted molar refractivity (Wildman–Crippen MR) is 68.0 cm³/mol. The van der Waals surface area contributed by atoms with Crippen LogP contribution in [-0.4, -0.2) is 30.6 Å². The van der Waals surface area contributed by atoms with Gasteiger partial charge in [0.1, 0.15) is 0 Å². The maximum atomic E-state index is 12.7. The fourth-order valence-corrected chi connectivity index (χ4v) is 2.25. The van der Waals surface area contributed by atoms with Crippen LogP contribution >= 0.6 is 0 Å². The second kappa shape index (κ2) is 5.70. The summed E-state index contributed by atoms with van der Waals surface area (Å²) in [5.74, 6) is 0. The number of amides is 2. The molecule has 3 N–H and O–H groups in total. The van der Waals surface area contributed by atoms with E-state index in [-0.39, 0.29) is 12.1 Å². The lowest BCUT2D eigenvalue weighted by Crippen LogP contribution is -2.49. The normalized spacial score (nSPS) is 19.9. The van der Waals surface area contributed by atoms with Crippen molar-refractivity contribution in [1.82, 2.24) is 10.2 Å². The lowest BCUT2D eigenvalue weighted by Gasteiger charge is -2.33. The first kappa shape index (κ1) is 14.6. The Morgan fingerprint density at radius 3 is 2.75 bits per heavy atom. The number of nitrogens with one attached hydrogen (secondary N) is 1. The molecule has 7 heteroatoms. The molecule has 1 atom stereocenters. The topological polar surface area (TPSA) is 58.4 Å². The molecule has 1 aromatic carbocycles. The lowest BCUT2D eigenvalue weighted by atomic mass is 9.99. The van der Waals surface area contributed by atoms with Crippen LogP contribution in [0.3, 0.4) is 0 Å². The molecule has 1 heterocycles. The standard InChI is InChI=1S/C13H16F3N3O/c14-13(15,16)10-3-1-2-9(8-10)11-4-6-19(7-5-17)12(20)18-11/h1-3,8,11H,4-7,17H2,(H,18,20). The van der Waals surface area contributed by atoms with Gasteiger partial charge in [-0.15, -0.1) is 0 Å². The van der Waals surface area contributed by atoms with E-state index in [1.54, 1.807) is 11.0 Å². The Labute approximate surface area is 114 Å². The Balaban J connectivity index is 2.12. The van der Waals surface area contributed by atoms with Crippen molar-refractivity contribution >= 4 is 6.03 Å². The van der Waals surface area contributed by atoms with Gasteiger partial charge >= 0.3 is 12.2 Å². The third kappa shape index (κ3) is 3.22. The smallest absolute Gasteiger partial charge is 0.331 e. The van der Waals surface area contributed by atoms with Gasteiger partial charge < -0.3 is 16.0 Å². The minimum atomic E-state index is -4.37. The molecule has 2 rings (SSSR count). The molecular formula is C13H16F3N3O. The molecule has 110 valence electrons. The maximum absolute atomic E-state index is 12.7. The Bertz CT molecular complexity index is 490. The van der Waals surface area contributed by atoms with E-state index in [1.165, 1.54) is 6.07 Å². The molecule has 4 nitrogen and oxygen atoms in total. The van der Waals surface area contributed by atoms with Crippen molar-refractivity contribution in [3.63, 3.8) is 0 Å². The van der Waals surface area contributed by atoms with E-state index < -0.39 is 11.7 Å². The minimum Gasteiger partial charge on any atom is -0.331 e. The number of carbonyl (C=O) groups excluding carboxylic acids is 1. The first-order valence-corrected chi connectivity index (χ1v) is 6.34. The van der Waals surface area contributed by atoms with Crippen molar-refractivity contribution in [3.8, 4) is 0 Å². The number of hydrogen-bond donors (Lipinski definition) is 2. The number of hydrogen-bond acceptors (Lipinski definition) is 2. The summed E-state index contributed by atoms with van der Waals surface area (Å²) in [4.78, 5) is 13.3. The van der Waals surface area contributed by atoms with Gasteiger partial charge in [0.2, 0.25) is 0 Å². The van der Waals surface area contributed by atoms with Crippen molar-refractivity contribution in [1.29, 1.82) is 0 Å². The molecule has 1 fully saturated rings. The predicted octanol–water partition coefficient (Wildman–Crippen LogP) is 2.12. The number of rotatable bonds is 3. The van der Waals surface area contributed by atoms with Crippen LogP contribution in [0.25, 0.3) is 0 Å². The molecule has 1 unspecified atom stereocenters. The fourth-order valence-electron chi connectivity index (χ4n) is 2.25. The molecule has 0 bridgehead atoms. The molecule has 1 saturated heterocycles. The first-order chi connectivity index (χ1) is 9.41. The molecular weight excluding hydrogens is 271 g/mol. The van der Waals surface area contributed by atoms with E-state index >= 15 is 0 Å². The second-order valence-corrected chi connectivity index (χ2v) is 4.69. The zero-order chi connectivity index (χ0) is 14.8. The van der Waals surface area contributed by atoms with Gasteiger partial charge in [-0.25, -0.2) is 4.79 Å². The van der Waals surface area contributed by atoms with Crippen molar-refractivity contribution in [2.45, 2.75) is 18.6 Å². The number of urea groups is 1. The van der Waals surface area contributed by atoms with Crippen molar-refractivity contribution in [3.05, 3.63) is 35.4 Å². The van der Waals surface area contributed by atoms with Crippen LogP contribution in [0.15, 0.2) is 24.3 Å². The maximum Gasteiger partial charge on any atom is 0.416 e. The number of halogens is 3. The summed E-state index contributed by atoms with van der Waals surface area (Å²) in [6.07, 6.45) is -3.81. The SMILES string of the molecule is NCCN1CCC(c2cccc(C(F)(F)F)c2)NC1=O. The number of carbonyl (C=O) groups is 1. The summed E-state index contributed by atoms with van der Waals surface area (Å²) in [6.45, 7) is 1.30. The van der Waals surface area contributed by atoms with Crippen molar-refractivity contribution < 1.29 is 18.0 Å². The van der Waals surface area contributed by atoms with E-state index in [0.717, 1.165) is 12.1 Å². The summed E-state index contributed by atoms with van der Waals surface area (Å²) >= 11 is 0. The van der Waals surface area contributed by atoms with Crippen molar-refractivity contribution in [2.75, 3.05) is 19.6 Å². The van der Waals surface area contributed by atoms with Crippen LogP contribution in [-0.2, 0) is 6.18 Å². The zero-order valence-corrected chi connectivity index (χ0v) is 10.8. The molecule has 2 amide bonds. The lowest BCUT2D eigenvalue weighted by molar-refractivity contribution is -0.137. The van der Waals surface area contributed by atoms with E-state index in [1.807, 2.05) is 0 Å². The number of nitrogens with two attached hydrogens (primary N) is 1. The Morgan fingerprint density at radius 2 is 2.15 bits per heavy atom. The number of benzene rings is 1. The van der Waals surface area contributed by atoms with E-state index in [2.05, 4.69) is 5.32 Å². The highest BCUT2D eigenvalue weighted by molar-refractivity contribution is 5.75. The zero-order valence-electron chi connectivity index (χ0n) is 10.8. The van der Waals surface area contributed by atoms with Gasteiger partial charge in [-0.2, -0.15) is 13.2 Å². The quantitative estimate of drug-likeness (QED) is 0.894. The second-order valence-electron chi connectivity index (χ2n) is 4.69. The largest absolute Gasteiger partial charge is 0.416 e. The van der Waals surface area contributed by atoms with Crippen molar-refractivity contribution in [2.24, 2.45) is 5.73 Å². The minimum absolute atomic E-state index is 0.288. The van der Waals surface area contributed by atoms with E-state index in [4.69, 9.17) is 5.73 Å². The average molecular weight is 287 g/mol. The van der Waals surface area contributed by atoms with Crippen LogP contribution in [0, 0.1) is 0 Å². The molecule has 1 aromatic rings. The molecule has 0 aliphatic carbocycles. The molecule has 20 heavy (non-hydrogen) atoms. The molecule has 0 spiro atoms. The highest BCUT2D eigenvalue weighted by Gasteiger charge is 2.32. The first-order valence-electron chi connectivity index (χ1n) is 6.34. The van der Waals surface area contributed by atoms with E-state index in [0.29, 0.717) is 31.6 Å². The fraction of sp³-hybridized carbons (Fsp3) is 0.462. The number of alkyl halides is 3. The van der Waals surface area contributed by atoms with Gasteiger partial charge in [0.15, 0.2) is 0 Å². The summed E-state index contributed by atoms with van der Waals surface area (Å²) < 4.78 is 38.0. The van der Waals surface area contributed by atoms with Gasteiger partial charge in [0.25, 0.3) is 0 Å². The Morgan fingerprint density at radius 1 is 1.40 bits per heavy atom. The Kier molecular flexibility index (Phi) is 4.17. The van der Waals surface area contributed by atoms with Gasteiger partial charge in [-0.05, 0) is 24.1 Å².